The van der Waals surface area contributed by atoms with Crippen molar-refractivity contribution >= 4 is 22.8 Å². The highest BCUT2D eigenvalue weighted by molar-refractivity contribution is 8.16. The molecule has 0 aromatic heterocycles. The Kier molecular flexibility index (Phi) is 4.59. The van der Waals surface area contributed by atoms with E-state index in [9.17, 15) is 4.79 Å². The van der Waals surface area contributed by atoms with Crippen LogP contribution in [0.4, 0.5) is 0 Å². The molecule has 0 aromatic carbocycles. The Morgan fingerprint density at radius 3 is 2.42 bits per heavy atom. The standard InChI is InChI=1S/C15H26N2OS/c1-10(2)15(4)13(18)17-14(19-15)16-11(3)12-8-6-5-7-9-12/h10-12H,5-9H2,1-4H3,(H,16,17,18). The Bertz CT molecular complexity index is 374. The Hall–Kier alpha value is -0.510. The maximum absolute atomic E-state index is 12.1. The normalized spacial score (nSPS) is 30.6. The minimum absolute atomic E-state index is 0.0193. The number of nitrogens with one attached hydrogen (secondary N) is 1. The molecule has 1 N–H and O–H groups in total. The number of carbonyl (C=O) groups is 1. The van der Waals surface area contributed by atoms with Crippen molar-refractivity contribution in [2.45, 2.75) is 70.6 Å². The van der Waals surface area contributed by atoms with Crippen molar-refractivity contribution in [1.29, 1.82) is 0 Å². The third-order valence-corrected chi connectivity index (χ3v) is 6.22. The summed E-state index contributed by atoms with van der Waals surface area (Å²) in [6, 6.07) is 0.425. The molecule has 0 aromatic rings. The molecule has 1 heterocycles. The smallest absolute Gasteiger partial charge is 0.264 e. The summed E-state index contributed by atoms with van der Waals surface area (Å²) in [6.45, 7) is 8.42. The number of hydrogen-bond donors (Lipinski definition) is 1. The fourth-order valence-corrected chi connectivity index (χ4v) is 3.99. The Labute approximate surface area is 121 Å². The van der Waals surface area contributed by atoms with E-state index in [-0.39, 0.29) is 10.7 Å². The molecular weight excluding hydrogens is 256 g/mol. The minimum Gasteiger partial charge on any atom is -0.362 e. The van der Waals surface area contributed by atoms with Gasteiger partial charge in [0.05, 0.1) is 0 Å². The van der Waals surface area contributed by atoms with Gasteiger partial charge in [0.15, 0.2) is 5.17 Å². The molecule has 1 amide bonds. The molecule has 2 rings (SSSR count). The van der Waals surface area contributed by atoms with Gasteiger partial charge >= 0.3 is 0 Å². The maximum Gasteiger partial charge on any atom is 0.264 e. The lowest BCUT2D eigenvalue weighted by molar-refractivity contribution is -0.120. The van der Waals surface area contributed by atoms with Crippen LogP contribution in [0.1, 0.15) is 59.8 Å². The first-order valence-electron chi connectivity index (χ1n) is 7.52. The molecule has 0 radical (unpaired) electrons. The van der Waals surface area contributed by atoms with Crippen LogP contribution in [0.25, 0.3) is 0 Å². The molecule has 1 aliphatic carbocycles. The first kappa shape index (κ1) is 14.9. The molecule has 19 heavy (non-hydrogen) atoms. The van der Waals surface area contributed by atoms with Gasteiger partial charge in [0.1, 0.15) is 4.75 Å². The van der Waals surface area contributed by atoms with Gasteiger partial charge in [-0.3, -0.25) is 4.79 Å². The van der Waals surface area contributed by atoms with E-state index in [1.807, 2.05) is 6.92 Å². The molecule has 0 saturated heterocycles. The third kappa shape index (κ3) is 3.15. The highest BCUT2D eigenvalue weighted by Crippen LogP contribution is 2.39. The first-order valence-corrected chi connectivity index (χ1v) is 8.34. The van der Waals surface area contributed by atoms with Crippen molar-refractivity contribution in [3.05, 3.63) is 0 Å². The highest BCUT2D eigenvalue weighted by Gasteiger charge is 2.44. The van der Waals surface area contributed by atoms with Crippen LogP contribution in [0.15, 0.2) is 4.99 Å². The third-order valence-electron chi connectivity index (χ3n) is 4.75. The van der Waals surface area contributed by atoms with E-state index in [0.717, 1.165) is 11.1 Å². The van der Waals surface area contributed by atoms with E-state index in [1.54, 1.807) is 11.8 Å². The van der Waals surface area contributed by atoms with E-state index in [1.165, 1.54) is 32.1 Å². The number of amides is 1. The van der Waals surface area contributed by atoms with Crippen LogP contribution in [-0.2, 0) is 4.79 Å². The van der Waals surface area contributed by atoms with Gasteiger partial charge in [0, 0.05) is 6.04 Å². The van der Waals surface area contributed by atoms with Gasteiger partial charge in [0.25, 0.3) is 5.91 Å². The molecule has 2 atom stereocenters. The van der Waals surface area contributed by atoms with Crippen molar-refractivity contribution in [3.63, 3.8) is 0 Å². The zero-order chi connectivity index (χ0) is 14.0. The molecule has 0 spiro atoms. The molecule has 0 bridgehead atoms. The minimum atomic E-state index is -0.380. The fraction of sp³-hybridized carbons (Fsp3) is 0.867. The summed E-state index contributed by atoms with van der Waals surface area (Å²) in [6.07, 6.45) is 6.68. The molecule has 108 valence electrons. The van der Waals surface area contributed by atoms with Crippen LogP contribution >= 0.6 is 11.8 Å². The molecule has 1 fully saturated rings. The van der Waals surface area contributed by atoms with Crippen molar-refractivity contribution in [1.82, 2.24) is 5.32 Å². The number of amidine groups is 1. The van der Waals surface area contributed by atoms with Crippen molar-refractivity contribution in [2.75, 3.05) is 0 Å². The molecular formula is C15H26N2OS. The zero-order valence-electron chi connectivity index (χ0n) is 12.5. The summed E-state index contributed by atoms with van der Waals surface area (Å²) in [5.41, 5.74) is 0. The average Bonchev–Trinajstić information content (AvgIpc) is 2.67. The SMILES string of the molecule is CC(NC1=NC(=O)C(C)(C(C)C)S1)C1CCCCC1. The molecule has 4 heteroatoms. The second-order valence-corrected chi connectivity index (χ2v) is 7.86. The summed E-state index contributed by atoms with van der Waals surface area (Å²) in [4.78, 5) is 16.3. The van der Waals surface area contributed by atoms with Crippen LogP contribution in [0.3, 0.4) is 0 Å². The second-order valence-electron chi connectivity index (χ2n) is 6.42. The Morgan fingerprint density at radius 1 is 1.26 bits per heavy atom. The predicted molar refractivity (Wildman–Crippen MR) is 82.4 cm³/mol. The lowest BCUT2D eigenvalue weighted by Gasteiger charge is -2.29. The number of carbonyl (C=O) groups excluding carboxylic acids is 1. The number of aliphatic imine (C=N–C) groups is 1. The predicted octanol–water partition coefficient (Wildman–Crippen LogP) is 3.59. The van der Waals surface area contributed by atoms with Crippen LogP contribution in [0, 0.1) is 11.8 Å². The molecule has 3 nitrogen and oxygen atoms in total. The lowest BCUT2D eigenvalue weighted by atomic mass is 9.85. The van der Waals surface area contributed by atoms with Gasteiger partial charge in [-0.15, -0.1) is 0 Å². The Balaban J connectivity index is 1.93. The monoisotopic (exact) mass is 282 g/mol. The van der Waals surface area contributed by atoms with E-state index >= 15 is 0 Å². The lowest BCUT2D eigenvalue weighted by Crippen LogP contribution is -2.38. The zero-order valence-corrected chi connectivity index (χ0v) is 13.3. The summed E-state index contributed by atoms with van der Waals surface area (Å²) in [7, 11) is 0. The van der Waals surface area contributed by atoms with Crippen molar-refractivity contribution < 1.29 is 4.79 Å². The second kappa shape index (κ2) is 5.86. The topological polar surface area (TPSA) is 41.5 Å². The van der Waals surface area contributed by atoms with E-state index in [2.05, 4.69) is 31.1 Å². The highest BCUT2D eigenvalue weighted by atomic mass is 32.2. The van der Waals surface area contributed by atoms with Gasteiger partial charge < -0.3 is 5.32 Å². The quantitative estimate of drug-likeness (QED) is 0.860. The van der Waals surface area contributed by atoms with Crippen molar-refractivity contribution in [2.24, 2.45) is 16.8 Å². The van der Waals surface area contributed by atoms with Crippen LogP contribution in [0.2, 0.25) is 0 Å². The van der Waals surface area contributed by atoms with E-state index < -0.39 is 0 Å². The molecule has 2 unspecified atom stereocenters. The first-order chi connectivity index (χ1) is 8.93. The van der Waals surface area contributed by atoms with Gasteiger partial charge in [-0.2, -0.15) is 4.99 Å². The van der Waals surface area contributed by atoms with Crippen LogP contribution < -0.4 is 5.32 Å². The molecule has 1 saturated carbocycles. The van der Waals surface area contributed by atoms with Crippen molar-refractivity contribution in [3.8, 4) is 0 Å². The summed E-state index contributed by atoms with van der Waals surface area (Å²) in [5, 5.41) is 4.31. The van der Waals surface area contributed by atoms with Crippen LogP contribution in [0.5, 0.6) is 0 Å². The average molecular weight is 282 g/mol. The largest absolute Gasteiger partial charge is 0.362 e. The van der Waals surface area contributed by atoms with Gasteiger partial charge in [-0.1, -0.05) is 44.9 Å². The van der Waals surface area contributed by atoms with E-state index in [4.69, 9.17) is 0 Å². The summed E-state index contributed by atoms with van der Waals surface area (Å²) >= 11 is 1.61. The molecule has 2 aliphatic rings. The number of nitrogens with zero attached hydrogens (tertiary/aromatic N) is 1. The van der Waals surface area contributed by atoms with E-state index in [0.29, 0.717) is 12.0 Å². The molecule has 1 aliphatic heterocycles. The van der Waals surface area contributed by atoms with Gasteiger partial charge in [-0.05, 0) is 38.5 Å². The summed E-state index contributed by atoms with van der Waals surface area (Å²) < 4.78 is -0.380. The maximum atomic E-state index is 12.1. The van der Waals surface area contributed by atoms with Crippen LogP contribution in [-0.4, -0.2) is 21.9 Å². The van der Waals surface area contributed by atoms with Gasteiger partial charge in [-0.25, -0.2) is 0 Å². The summed E-state index contributed by atoms with van der Waals surface area (Å²) in [5.74, 6) is 1.06. The number of rotatable bonds is 3. The fourth-order valence-electron chi connectivity index (χ4n) is 2.84. The number of thioether (sulfide) groups is 1. The Morgan fingerprint density at radius 2 is 1.89 bits per heavy atom. The number of hydrogen-bond acceptors (Lipinski definition) is 3. The van der Waals surface area contributed by atoms with Gasteiger partial charge in [0.2, 0.25) is 0 Å².